The third kappa shape index (κ3) is 6.20. The van der Waals surface area contributed by atoms with E-state index in [-0.39, 0.29) is 5.82 Å². The van der Waals surface area contributed by atoms with E-state index in [1.165, 1.54) is 29.4 Å². The highest BCUT2D eigenvalue weighted by Crippen LogP contribution is 2.33. The molecule has 0 aromatic heterocycles. The molecule has 4 heteroatoms. The highest BCUT2D eigenvalue weighted by Gasteiger charge is 2.18. The normalized spacial score (nSPS) is 16.6. The van der Waals surface area contributed by atoms with Crippen molar-refractivity contribution in [2.45, 2.75) is 45.4 Å². The Hall–Kier alpha value is -1.81. The molecule has 1 aromatic carbocycles. The largest absolute Gasteiger partial charge is 0.216 e. The number of halogens is 3. The minimum Gasteiger partial charge on any atom is -0.216 e. The lowest BCUT2D eigenvalue weighted by Crippen LogP contribution is -2.23. The van der Waals surface area contributed by atoms with Crippen LogP contribution in [0.25, 0.3) is 5.57 Å². The lowest BCUT2D eigenvalue weighted by atomic mass is 9.88. The molecule has 0 amide bonds. The Morgan fingerprint density at radius 1 is 1.16 bits per heavy atom. The molecular formula is C21H26F3N. The third-order valence-electron chi connectivity index (χ3n) is 4.54. The molecule has 136 valence electrons. The number of nitrogens with zero attached hydrogens (tertiary/aromatic N) is 1. The van der Waals surface area contributed by atoms with E-state index in [9.17, 15) is 13.3 Å². The lowest BCUT2D eigenvalue weighted by Gasteiger charge is -2.24. The van der Waals surface area contributed by atoms with E-state index in [0.29, 0.717) is 38.7 Å². The van der Waals surface area contributed by atoms with E-state index in [1.807, 2.05) is 0 Å². The van der Waals surface area contributed by atoms with Gasteiger partial charge in [-0.05, 0) is 55.4 Å². The summed E-state index contributed by atoms with van der Waals surface area (Å²) in [6, 6.07) is 6.53. The van der Waals surface area contributed by atoms with Crippen molar-refractivity contribution in [1.82, 2.24) is 5.12 Å². The number of piperidine rings is 1. The second-order valence-electron chi connectivity index (χ2n) is 6.39. The van der Waals surface area contributed by atoms with Gasteiger partial charge in [-0.2, -0.15) is 0 Å². The molecule has 1 heterocycles. The Kier molecular flexibility index (Phi) is 7.99. The maximum atomic E-state index is 13.4. The third-order valence-corrected chi connectivity index (χ3v) is 4.54. The summed E-state index contributed by atoms with van der Waals surface area (Å²) in [5.41, 5.74) is 4.64. The predicted molar refractivity (Wildman–Crippen MR) is 97.7 cm³/mol. The number of hydrogen-bond acceptors (Lipinski definition) is 1. The van der Waals surface area contributed by atoms with Gasteiger partial charge in [0.15, 0.2) is 0 Å². The fraction of sp³-hybridized carbons (Fsp3) is 0.429. The zero-order valence-electron chi connectivity index (χ0n) is 14.8. The summed E-state index contributed by atoms with van der Waals surface area (Å²) >= 11 is 0. The SMILES string of the molecule is CCC/C(=C\C/C=C/F)CC(=C1CCN(F)CC1)c1ccc(F)cc1. The first-order valence-corrected chi connectivity index (χ1v) is 8.94. The van der Waals surface area contributed by atoms with Gasteiger partial charge < -0.3 is 0 Å². The summed E-state index contributed by atoms with van der Waals surface area (Å²) in [6.45, 7) is 2.92. The molecule has 0 bridgehead atoms. The number of rotatable bonds is 7. The molecule has 2 rings (SSSR count). The minimum absolute atomic E-state index is 0.260. The van der Waals surface area contributed by atoms with Gasteiger partial charge in [-0.1, -0.05) is 48.8 Å². The predicted octanol–water partition coefficient (Wildman–Crippen LogP) is 6.55. The van der Waals surface area contributed by atoms with Crippen molar-refractivity contribution in [2.75, 3.05) is 13.1 Å². The monoisotopic (exact) mass is 349 g/mol. The molecule has 0 N–H and O–H groups in total. The van der Waals surface area contributed by atoms with Crippen LogP contribution in [-0.4, -0.2) is 18.2 Å². The number of allylic oxidation sites excluding steroid dienone is 4. The average molecular weight is 349 g/mol. The Labute approximate surface area is 148 Å². The van der Waals surface area contributed by atoms with Crippen molar-refractivity contribution < 1.29 is 13.3 Å². The van der Waals surface area contributed by atoms with Gasteiger partial charge in [-0.3, -0.25) is 0 Å². The van der Waals surface area contributed by atoms with E-state index >= 15 is 0 Å². The topological polar surface area (TPSA) is 3.24 Å². The van der Waals surface area contributed by atoms with E-state index in [4.69, 9.17) is 0 Å². The molecule has 0 aliphatic carbocycles. The maximum Gasteiger partial charge on any atom is 0.123 e. The first-order valence-electron chi connectivity index (χ1n) is 8.94. The second kappa shape index (κ2) is 10.2. The molecule has 0 radical (unpaired) electrons. The summed E-state index contributed by atoms with van der Waals surface area (Å²) in [5.74, 6) is -0.260. The van der Waals surface area contributed by atoms with Crippen LogP contribution < -0.4 is 0 Å². The highest BCUT2D eigenvalue weighted by molar-refractivity contribution is 5.71. The second-order valence-corrected chi connectivity index (χ2v) is 6.39. The Balaban J connectivity index is 2.31. The zero-order valence-corrected chi connectivity index (χ0v) is 14.8. The molecule has 25 heavy (non-hydrogen) atoms. The molecule has 1 saturated heterocycles. The van der Waals surface area contributed by atoms with Crippen molar-refractivity contribution in [1.29, 1.82) is 0 Å². The van der Waals surface area contributed by atoms with Crippen LogP contribution >= 0.6 is 0 Å². The van der Waals surface area contributed by atoms with Gasteiger partial charge in [-0.15, -0.1) is 9.60 Å². The first kappa shape index (κ1) is 19.5. The number of hydrogen-bond donors (Lipinski definition) is 0. The Morgan fingerprint density at radius 3 is 2.44 bits per heavy atom. The van der Waals surface area contributed by atoms with Gasteiger partial charge in [-0.25, -0.2) is 8.78 Å². The first-order chi connectivity index (χ1) is 12.1. The van der Waals surface area contributed by atoms with Gasteiger partial charge >= 0.3 is 0 Å². The maximum absolute atomic E-state index is 13.4. The van der Waals surface area contributed by atoms with Crippen molar-refractivity contribution in [3.8, 4) is 0 Å². The molecule has 1 aromatic rings. The quantitative estimate of drug-likeness (QED) is 0.398. The average Bonchev–Trinajstić information content (AvgIpc) is 2.61. The summed E-state index contributed by atoms with van der Waals surface area (Å²) in [5, 5.41) is 0.848. The Morgan fingerprint density at radius 2 is 1.84 bits per heavy atom. The molecule has 0 atom stereocenters. The van der Waals surface area contributed by atoms with E-state index < -0.39 is 0 Å². The van der Waals surface area contributed by atoms with Crippen LogP contribution in [0, 0.1) is 5.82 Å². The summed E-state index contributed by atoms with van der Waals surface area (Å²) in [6.07, 6.45) is 8.76. The van der Waals surface area contributed by atoms with Crippen LogP contribution in [-0.2, 0) is 0 Å². The van der Waals surface area contributed by atoms with Crippen LogP contribution in [0.1, 0.15) is 51.0 Å². The fourth-order valence-electron chi connectivity index (χ4n) is 3.23. The van der Waals surface area contributed by atoms with Crippen molar-refractivity contribution >= 4 is 5.57 Å². The van der Waals surface area contributed by atoms with Crippen LogP contribution in [0.4, 0.5) is 13.3 Å². The van der Waals surface area contributed by atoms with Crippen LogP contribution in [0.3, 0.4) is 0 Å². The van der Waals surface area contributed by atoms with Crippen LogP contribution in [0.5, 0.6) is 0 Å². The zero-order chi connectivity index (χ0) is 18.1. The standard InChI is InChI=1S/C21H26F3N/c1-2-5-17(6-3-4-13-22)16-21(18-7-9-20(23)10-8-18)19-11-14-25(24)15-12-19/h4,6-10,13H,2-3,5,11-12,14-16H2,1H3/b13-4+,17-6+. The number of benzene rings is 1. The van der Waals surface area contributed by atoms with E-state index in [2.05, 4.69) is 13.0 Å². The van der Waals surface area contributed by atoms with Crippen LogP contribution in [0.2, 0.25) is 0 Å². The highest BCUT2D eigenvalue weighted by atomic mass is 19.2. The summed E-state index contributed by atoms with van der Waals surface area (Å²) < 4.78 is 38.9. The molecule has 1 aliphatic heterocycles. The summed E-state index contributed by atoms with van der Waals surface area (Å²) in [7, 11) is 0. The van der Waals surface area contributed by atoms with Crippen molar-refractivity contribution in [2.24, 2.45) is 0 Å². The molecule has 0 unspecified atom stereocenters. The van der Waals surface area contributed by atoms with E-state index in [1.54, 1.807) is 12.1 Å². The lowest BCUT2D eigenvalue weighted by molar-refractivity contribution is 0.0175. The molecular weight excluding hydrogens is 323 g/mol. The molecule has 1 aliphatic rings. The van der Waals surface area contributed by atoms with E-state index in [0.717, 1.165) is 35.5 Å². The van der Waals surface area contributed by atoms with Crippen molar-refractivity contribution in [3.05, 3.63) is 65.3 Å². The Bertz CT molecular complexity index is 619. The van der Waals surface area contributed by atoms with Gasteiger partial charge in [0.25, 0.3) is 0 Å². The fourth-order valence-corrected chi connectivity index (χ4v) is 3.23. The summed E-state index contributed by atoms with van der Waals surface area (Å²) in [4.78, 5) is 0. The molecule has 0 saturated carbocycles. The van der Waals surface area contributed by atoms with Crippen molar-refractivity contribution in [3.63, 3.8) is 0 Å². The molecule has 1 fully saturated rings. The minimum atomic E-state index is -0.260. The van der Waals surface area contributed by atoms with Gasteiger partial charge in [0.05, 0.1) is 6.33 Å². The van der Waals surface area contributed by atoms with Crippen LogP contribution in [0.15, 0.2) is 53.9 Å². The van der Waals surface area contributed by atoms with Gasteiger partial charge in [0.2, 0.25) is 0 Å². The smallest absolute Gasteiger partial charge is 0.123 e. The van der Waals surface area contributed by atoms with Gasteiger partial charge in [0, 0.05) is 13.1 Å². The molecule has 1 nitrogen and oxygen atoms in total. The van der Waals surface area contributed by atoms with Gasteiger partial charge in [0.1, 0.15) is 5.82 Å². The molecule has 0 spiro atoms.